The quantitative estimate of drug-likeness (QED) is 0.203. The number of carbonyl (C=O) groups excluding carboxylic acids is 3. The van der Waals surface area contributed by atoms with E-state index in [9.17, 15) is 22.8 Å². The first-order valence-electron chi connectivity index (χ1n) is 17.4. The van der Waals surface area contributed by atoms with E-state index in [-0.39, 0.29) is 23.8 Å². The summed E-state index contributed by atoms with van der Waals surface area (Å²) in [5.74, 6) is 0.241. The van der Waals surface area contributed by atoms with Crippen LogP contribution in [-0.4, -0.2) is 97.6 Å². The van der Waals surface area contributed by atoms with Crippen molar-refractivity contribution in [3.05, 3.63) is 90.4 Å². The Hall–Kier alpha value is -5.21. The Kier molecular flexibility index (Phi) is 11.0. The number of anilines is 2. The van der Waals surface area contributed by atoms with Crippen molar-refractivity contribution in [2.24, 2.45) is 5.92 Å². The highest BCUT2D eigenvalue weighted by Crippen LogP contribution is 2.33. The van der Waals surface area contributed by atoms with Gasteiger partial charge in [0.15, 0.2) is 0 Å². The standard InChI is InChI=1S/C38H45N7O6S/c1-25(2)34(42-38(48)51-3)37(47)45-19-5-6-33(45)35-39-24-32(41-35)28-9-7-26(8-10-28)27-11-15-30(16-12-27)40-36(46)29-13-17-31(18-14-29)43-20-22-44(23-21-43)52(4,49)50/h7-18,24-25,33-34H,5-6,19-23H2,1-4H3,(H,39,41)(H,40,46)(H,42,48). The summed E-state index contributed by atoms with van der Waals surface area (Å²) >= 11 is 0. The van der Waals surface area contributed by atoms with E-state index in [1.807, 2.05) is 74.5 Å². The number of hydrogen-bond acceptors (Lipinski definition) is 8. The lowest BCUT2D eigenvalue weighted by Crippen LogP contribution is -2.51. The van der Waals surface area contributed by atoms with Gasteiger partial charge in [0.25, 0.3) is 5.91 Å². The van der Waals surface area contributed by atoms with Gasteiger partial charge >= 0.3 is 6.09 Å². The third-order valence-electron chi connectivity index (χ3n) is 9.71. The lowest BCUT2D eigenvalue weighted by atomic mass is 10.0. The molecule has 2 aliphatic heterocycles. The van der Waals surface area contributed by atoms with Gasteiger partial charge in [-0.15, -0.1) is 0 Å². The van der Waals surface area contributed by atoms with Gasteiger partial charge in [-0.25, -0.2) is 18.2 Å². The lowest BCUT2D eigenvalue weighted by Gasteiger charge is -2.34. The van der Waals surface area contributed by atoms with Crippen LogP contribution in [0.15, 0.2) is 79.0 Å². The van der Waals surface area contributed by atoms with E-state index in [1.54, 1.807) is 23.2 Å². The molecule has 6 rings (SSSR count). The molecule has 2 atom stereocenters. The number of hydrogen-bond donors (Lipinski definition) is 3. The molecule has 274 valence electrons. The summed E-state index contributed by atoms with van der Waals surface area (Å²) in [4.78, 5) is 50.3. The summed E-state index contributed by atoms with van der Waals surface area (Å²) in [7, 11) is -1.91. The van der Waals surface area contributed by atoms with Crippen LogP contribution >= 0.6 is 0 Å². The first kappa shape index (κ1) is 36.6. The van der Waals surface area contributed by atoms with Crippen LogP contribution in [0.5, 0.6) is 0 Å². The number of methoxy groups -OCH3 is 1. The van der Waals surface area contributed by atoms with Crippen molar-refractivity contribution in [1.82, 2.24) is 24.5 Å². The monoisotopic (exact) mass is 727 g/mol. The fourth-order valence-electron chi connectivity index (χ4n) is 6.74. The largest absolute Gasteiger partial charge is 0.453 e. The van der Waals surface area contributed by atoms with E-state index >= 15 is 0 Å². The van der Waals surface area contributed by atoms with Gasteiger partial charge in [0, 0.05) is 49.7 Å². The van der Waals surface area contributed by atoms with Gasteiger partial charge in [-0.2, -0.15) is 4.31 Å². The average Bonchev–Trinajstić information content (AvgIpc) is 3.84. The zero-order chi connectivity index (χ0) is 37.0. The van der Waals surface area contributed by atoms with Crippen molar-refractivity contribution in [3.63, 3.8) is 0 Å². The summed E-state index contributed by atoms with van der Waals surface area (Å²) in [5.41, 5.74) is 5.97. The Bertz CT molecular complexity index is 1990. The van der Waals surface area contributed by atoms with Crippen molar-refractivity contribution < 1.29 is 27.5 Å². The molecule has 1 aromatic heterocycles. The van der Waals surface area contributed by atoms with Crippen LogP contribution < -0.4 is 15.5 Å². The van der Waals surface area contributed by atoms with E-state index in [1.165, 1.54) is 17.7 Å². The number of rotatable bonds is 10. The van der Waals surface area contributed by atoms with E-state index in [0.29, 0.717) is 49.8 Å². The van der Waals surface area contributed by atoms with Crippen LogP contribution in [-0.2, 0) is 19.6 Å². The lowest BCUT2D eigenvalue weighted by molar-refractivity contribution is -0.135. The van der Waals surface area contributed by atoms with Gasteiger partial charge in [-0.05, 0) is 71.8 Å². The summed E-state index contributed by atoms with van der Waals surface area (Å²) in [5, 5.41) is 5.64. The van der Waals surface area contributed by atoms with E-state index in [0.717, 1.165) is 40.9 Å². The number of piperazine rings is 1. The molecule has 4 aromatic rings. The van der Waals surface area contributed by atoms with Gasteiger partial charge in [-0.3, -0.25) is 9.59 Å². The minimum atomic E-state index is -3.19. The number of nitrogens with one attached hydrogen (secondary N) is 3. The van der Waals surface area contributed by atoms with E-state index in [2.05, 4.69) is 25.5 Å². The summed E-state index contributed by atoms with van der Waals surface area (Å²) in [6, 6.07) is 22.2. The molecule has 2 aliphatic rings. The van der Waals surface area contributed by atoms with Crippen LogP contribution in [0.3, 0.4) is 0 Å². The number of aromatic nitrogens is 2. The molecule has 3 aromatic carbocycles. The normalized spacial score (nSPS) is 17.2. The maximum Gasteiger partial charge on any atom is 0.407 e. The SMILES string of the molecule is COC(=O)NC(C(=O)N1CCCC1c1ncc(-c2ccc(-c3ccc(NC(=O)c4ccc(N5CCN(S(C)(=O)=O)CC5)cc4)cc3)cc2)[nH]1)C(C)C. The highest BCUT2D eigenvalue weighted by atomic mass is 32.2. The van der Waals surface area contributed by atoms with E-state index < -0.39 is 22.2 Å². The number of ether oxygens (including phenoxy) is 1. The zero-order valence-electron chi connectivity index (χ0n) is 29.8. The summed E-state index contributed by atoms with van der Waals surface area (Å²) in [6.45, 7) is 6.45. The molecule has 2 saturated heterocycles. The molecular weight excluding hydrogens is 683 g/mol. The molecule has 0 radical (unpaired) electrons. The van der Waals surface area contributed by atoms with Crippen LogP contribution in [0.1, 0.15) is 48.9 Å². The van der Waals surface area contributed by atoms with Gasteiger partial charge in [0.05, 0.1) is 31.3 Å². The molecule has 0 spiro atoms. The average molecular weight is 728 g/mol. The van der Waals surface area contributed by atoms with Crippen molar-refractivity contribution in [1.29, 1.82) is 0 Å². The van der Waals surface area contributed by atoms with Gasteiger partial charge in [-0.1, -0.05) is 50.2 Å². The second kappa shape index (κ2) is 15.6. The molecule has 0 bridgehead atoms. The number of amides is 3. The Morgan fingerprint density at radius 2 is 1.48 bits per heavy atom. The number of carbonyl (C=O) groups is 3. The van der Waals surface area contributed by atoms with E-state index in [4.69, 9.17) is 4.74 Å². The van der Waals surface area contributed by atoms with Gasteiger partial charge in [0.2, 0.25) is 15.9 Å². The zero-order valence-corrected chi connectivity index (χ0v) is 30.7. The smallest absolute Gasteiger partial charge is 0.407 e. The Labute approximate surface area is 304 Å². The Balaban J connectivity index is 1.05. The molecular formula is C38H45N7O6S. The number of benzene rings is 3. The highest BCUT2D eigenvalue weighted by Gasteiger charge is 2.37. The number of nitrogens with zero attached hydrogens (tertiary/aromatic N) is 4. The summed E-state index contributed by atoms with van der Waals surface area (Å²) < 4.78 is 29.8. The molecule has 13 nitrogen and oxygen atoms in total. The third kappa shape index (κ3) is 8.29. The molecule has 0 saturated carbocycles. The van der Waals surface area contributed by atoms with Crippen molar-refractivity contribution in [3.8, 4) is 22.4 Å². The first-order chi connectivity index (χ1) is 24.9. The third-order valence-corrected chi connectivity index (χ3v) is 11.0. The maximum absolute atomic E-state index is 13.5. The molecule has 14 heteroatoms. The van der Waals surface area contributed by atoms with Crippen LogP contribution in [0, 0.1) is 5.92 Å². The van der Waals surface area contributed by atoms with Gasteiger partial charge < -0.3 is 30.2 Å². The van der Waals surface area contributed by atoms with Gasteiger partial charge in [0.1, 0.15) is 11.9 Å². The first-order valence-corrected chi connectivity index (χ1v) is 19.3. The minimum absolute atomic E-state index is 0.107. The number of imidazole rings is 1. The minimum Gasteiger partial charge on any atom is -0.453 e. The molecule has 2 unspecified atom stereocenters. The number of sulfonamides is 1. The highest BCUT2D eigenvalue weighted by molar-refractivity contribution is 7.88. The molecule has 0 aliphatic carbocycles. The predicted molar refractivity (Wildman–Crippen MR) is 200 cm³/mol. The van der Waals surface area contributed by atoms with Crippen molar-refractivity contribution in [2.45, 2.75) is 38.8 Å². The Morgan fingerprint density at radius 3 is 2.08 bits per heavy atom. The molecule has 52 heavy (non-hydrogen) atoms. The fourth-order valence-corrected chi connectivity index (χ4v) is 7.57. The number of aromatic amines is 1. The maximum atomic E-state index is 13.5. The second-order valence-corrected chi connectivity index (χ2v) is 15.5. The van der Waals surface area contributed by atoms with Crippen molar-refractivity contribution >= 4 is 39.3 Å². The molecule has 3 heterocycles. The van der Waals surface area contributed by atoms with Crippen LogP contribution in [0.4, 0.5) is 16.2 Å². The fraction of sp³-hybridized carbons (Fsp3) is 0.368. The Morgan fingerprint density at radius 1 is 0.865 bits per heavy atom. The predicted octanol–water partition coefficient (Wildman–Crippen LogP) is 5.12. The number of H-pyrrole nitrogens is 1. The number of alkyl carbamates (subject to hydrolysis) is 1. The second-order valence-electron chi connectivity index (χ2n) is 13.5. The van der Waals surface area contributed by atoms with Crippen LogP contribution in [0.25, 0.3) is 22.4 Å². The molecule has 2 fully saturated rings. The molecule has 3 amide bonds. The number of likely N-dealkylation sites (tertiary alicyclic amines) is 1. The van der Waals surface area contributed by atoms with Crippen LogP contribution in [0.2, 0.25) is 0 Å². The van der Waals surface area contributed by atoms with Crippen molar-refractivity contribution in [2.75, 3.05) is 56.3 Å². The molecule has 3 N–H and O–H groups in total. The summed E-state index contributed by atoms with van der Waals surface area (Å²) in [6.07, 6.45) is 4.00. The topological polar surface area (TPSA) is 157 Å².